The number of hydrogen-bond acceptors (Lipinski definition) is 7. The van der Waals surface area contributed by atoms with E-state index in [9.17, 15) is 15.0 Å². The van der Waals surface area contributed by atoms with Crippen molar-refractivity contribution in [2.45, 2.75) is 0 Å². The van der Waals surface area contributed by atoms with Crippen molar-refractivity contribution in [2.24, 2.45) is 5.18 Å². The lowest BCUT2D eigenvalue weighted by Crippen LogP contribution is -2.29. The predicted molar refractivity (Wildman–Crippen MR) is 75.3 cm³/mol. The molecule has 0 unspecified atom stereocenters. The molecule has 2 heterocycles. The zero-order valence-corrected chi connectivity index (χ0v) is 10.8. The van der Waals surface area contributed by atoms with Crippen LogP contribution in [0, 0.1) is 15.0 Å². The maximum Gasteiger partial charge on any atom is 0.302 e. The van der Waals surface area contributed by atoms with Gasteiger partial charge >= 0.3 is 5.69 Å². The maximum atomic E-state index is 10.9. The molecule has 0 spiro atoms. The fraction of sp³-hybridized carbons (Fsp3) is 0.154. The largest absolute Gasteiger partial charge is 0.489 e. The highest BCUT2D eigenvalue weighted by Gasteiger charge is 2.26. The summed E-state index contributed by atoms with van der Waals surface area (Å²) in [5, 5.41) is 13.7. The number of fused-ring (bicyclic) bond motifs is 1. The molecule has 2 aromatic rings. The molecular weight excluding hydrogens is 276 g/mol. The lowest BCUT2D eigenvalue weighted by atomic mass is 10.2. The van der Waals surface area contributed by atoms with Crippen molar-refractivity contribution in [3.63, 3.8) is 0 Å². The first-order chi connectivity index (χ1) is 10.2. The molecule has 0 radical (unpaired) electrons. The van der Waals surface area contributed by atoms with Gasteiger partial charge in [0.05, 0.1) is 23.2 Å². The highest BCUT2D eigenvalue weighted by Crippen LogP contribution is 2.43. The Balaban J connectivity index is 2.13. The second-order valence-corrected chi connectivity index (χ2v) is 4.35. The Bertz CT molecular complexity index is 705. The molecule has 8 nitrogen and oxygen atoms in total. The molecule has 1 aliphatic heterocycles. The number of pyridine rings is 1. The van der Waals surface area contributed by atoms with E-state index in [-0.39, 0.29) is 11.4 Å². The Labute approximate surface area is 119 Å². The van der Waals surface area contributed by atoms with Crippen molar-refractivity contribution >= 4 is 22.9 Å². The summed E-state index contributed by atoms with van der Waals surface area (Å²) in [4.78, 5) is 27.2. The Morgan fingerprint density at radius 1 is 1.38 bits per heavy atom. The van der Waals surface area contributed by atoms with Crippen molar-refractivity contribution < 1.29 is 9.66 Å². The quantitative estimate of drug-likeness (QED) is 0.488. The van der Waals surface area contributed by atoms with Crippen LogP contribution >= 0.6 is 0 Å². The van der Waals surface area contributed by atoms with Crippen LogP contribution in [0.1, 0.15) is 0 Å². The van der Waals surface area contributed by atoms with E-state index in [1.807, 2.05) is 17.0 Å². The Kier molecular flexibility index (Phi) is 3.19. The first-order valence-corrected chi connectivity index (χ1v) is 6.18. The van der Waals surface area contributed by atoms with Gasteiger partial charge in [-0.25, -0.2) is 4.98 Å². The van der Waals surface area contributed by atoms with Crippen molar-refractivity contribution in [3.8, 4) is 5.75 Å². The number of nitro benzene ring substituents is 1. The van der Waals surface area contributed by atoms with Crippen molar-refractivity contribution in [2.75, 3.05) is 18.1 Å². The minimum Gasteiger partial charge on any atom is -0.489 e. The van der Waals surface area contributed by atoms with Gasteiger partial charge in [0.2, 0.25) is 0 Å². The number of nitroso groups, excluding NO2 is 1. The molecule has 106 valence electrons. The number of nitro groups is 1. The summed E-state index contributed by atoms with van der Waals surface area (Å²) in [5.41, 5.74) is -0.0584. The molecule has 21 heavy (non-hydrogen) atoms. The van der Waals surface area contributed by atoms with E-state index in [4.69, 9.17) is 4.74 Å². The van der Waals surface area contributed by atoms with Crippen molar-refractivity contribution in [1.29, 1.82) is 0 Å². The molecule has 0 aliphatic carbocycles. The van der Waals surface area contributed by atoms with Crippen molar-refractivity contribution in [1.82, 2.24) is 4.98 Å². The number of benzene rings is 1. The second kappa shape index (κ2) is 5.16. The van der Waals surface area contributed by atoms with Gasteiger partial charge in [0.1, 0.15) is 18.2 Å². The van der Waals surface area contributed by atoms with E-state index in [2.05, 4.69) is 10.2 Å². The number of rotatable bonds is 3. The monoisotopic (exact) mass is 286 g/mol. The van der Waals surface area contributed by atoms with E-state index >= 15 is 0 Å². The molecule has 0 amide bonds. The third kappa shape index (κ3) is 2.27. The van der Waals surface area contributed by atoms with Crippen LogP contribution in [0.25, 0.3) is 0 Å². The normalized spacial score (nSPS) is 13.2. The summed E-state index contributed by atoms with van der Waals surface area (Å²) < 4.78 is 5.45. The molecule has 8 heteroatoms. The highest BCUT2D eigenvalue weighted by molar-refractivity contribution is 5.77. The van der Waals surface area contributed by atoms with E-state index in [1.165, 1.54) is 12.1 Å². The van der Waals surface area contributed by atoms with Crippen LogP contribution in [0.4, 0.5) is 22.9 Å². The summed E-state index contributed by atoms with van der Waals surface area (Å²) in [6.07, 6.45) is 1.65. The topological polar surface area (TPSA) is 97.9 Å². The molecule has 0 N–H and O–H groups in total. The maximum absolute atomic E-state index is 10.9. The van der Waals surface area contributed by atoms with Crippen LogP contribution in [-0.2, 0) is 0 Å². The molecular formula is C13H10N4O4. The van der Waals surface area contributed by atoms with Gasteiger partial charge in [-0.3, -0.25) is 10.1 Å². The van der Waals surface area contributed by atoms with Gasteiger partial charge in [0.15, 0.2) is 5.69 Å². The average molecular weight is 286 g/mol. The summed E-state index contributed by atoms with van der Waals surface area (Å²) >= 11 is 0. The molecule has 0 saturated carbocycles. The van der Waals surface area contributed by atoms with Crippen LogP contribution in [0.5, 0.6) is 5.75 Å². The fourth-order valence-corrected chi connectivity index (χ4v) is 2.21. The average Bonchev–Trinajstić information content (AvgIpc) is 2.53. The van der Waals surface area contributed by atoms with Crippen LogP contribution in [0.3, 0.4) is 0 Å². The fourth-order valence-electron chi connectivity index (χ4n) is 2.21. The minimum atomic E-state index is -0.653. The van der Waals surface area contributed by atoms with E-state index in [1.54, 1.807) is 12.3 Å². The molecule has 1 aliphatic rings. The number of ether oxygens (including phenoxy) is 1. The lowest BCUT2D eigenvalue weighted by Gasteiger charge is -2.30. The van der Waals surface area contributed by atoms with E-state index in [0.717, 1.165) is 0 Å². The van der Waals surface area contributed by atoms with Gasteiger partial charge in [0.25, 0.3) is 0 Å². The third-order valence-corrected chi connectivity index (χ3v) is 3.14. The molecule has 0 atom stereocenters. The Morgan fingerprint density at radius 2 is 2.24 bits per heavy atom. The second-order valence-electron chi connectivity index (χ2n) is 4.35. The number of aromatic nitrogens is 1. The van der Waals surface area contributed by atoms with Crippen LogP contribution in [-0.4, -0.2) is 23.1 Å². The molecule has 0 fully saturated rings. The number of anilines is 2. The highest BCUT2D eigenvalue weighted by atomic mass is 16.6. The third-order valence-electron chi connectivity index (χ3n) is 3.14. The predicted octanol–water partition coefficient (Wildman–Crippen LogP) is 2.92. The standard InChI is InChI=1S/C13H10N4O4/c18-15-9-7-11-12(8-10(9)17(19)20)21-6-5-16(11)13-3-1-2-4-14-13/h1-4,7-8H,5-6H2. The molecule has 3 rings (SSSR count). The van der Waals surface area contributed by atoms with Crippen LogP contribution in [0.15, 0.2) is 41.7 Å². The smallest absolute Gasteiger partial charge is 0.302 e. The van der Waals surface area contributed by atoms with Crippen LogP contribution in [0.2, 0.25) is 0 Å². The zero-order chi connectivity index (χ0) is 14.8. The molecule has 1 aromatic heterocycles. The summed E-state index contributed by atoms with van der Waals surface area (Å²) in [5.74, 6) is 1.01. The number of nitrogens with zero attached hydrogens (tertiary/aromatic N) is 4. The summed E-state index contributed by atoms with van der Waals surface area (Å²) in [7, 11) is 0. The van der Waals surface area contributed by atoms with Crippen LogP contribution < -0.4 is 9.64 Å². The molecule has 0 saturated heterocycles. The van der Waals surface area contributed by atoms with Gasteiger partial charge in [-0.2, -0.15) is 0 Å². The minimum absolute atomic E-state index is 0.231. The van der Waals surface area contributed by atoms with E-state index < -0.39 is 4.92 Å². The van der Waals surface area contributed by atoms with Gasteiger partial charge in [-0.1, -0.05) is 6.07 Å². The zero-order valence-electron chi connectivity index (χ0n) is 10.8. The van der Waals surface area contributed by atoms with Gasteiger partial charge in [-0.15, -0.1) is 4.91 Å². The first-order valence-electron chi connectivity index (χ1n) is 6.18. The first kappa shape index (κ1) is 13.0. The SMILES string of the molecule is O=Nc1cc2c(cc1[N+](=O)[O-])OCCN2c1ccccn1. The number of hydrogen-bond donors (Lipinski definition) is 0. The summed E-state index contributed by atoms with van der Waals surface area (Å²) in [6, 6.07) is 8.01. The van der Waals surface area contributed by atoms with Gasteiger partial charge in [-0.05, 0) is 17.3 Å². The van der Waals surface area contributed by atoms with Crippen molar-refractivity contribution in [3.05, 3.63) is 51.6 Å². The molecule has 1 aromatic carbocycles. The lowest BCUT2D eigenvalue weighted by molar-refractivity contribution is -0.384. The summed E-state index contributed by atoms with van der Waals surface area (Å²) in [6.45, 7) is 0.898. The van der Waals surface area contributed by atoms with E-state index in [0.29, 0.717) is 30.4 Å². The Morgan fingerprint density at radius 3 is 2.90 bits per heavy atom. The van der Waals surface area contributed by atoms with Gasteiger partial charge in [0, 0.05) is 12.3 Å². The Hall–Kier alpha value is -3.03. The molecule has 0 bridgehead atoms. The van der Waals surface area contributed by atoms with Gasteiger partial charge < -0.3 is 9.64 Å².